The fraction of sp³-hybridized carbons (Fsp3) is 0.400. The molecule has 0 saturated carbocycles. The van der Waals surface area contributed by atoms with Gasteiger partial charge in [-0.15, -0.1) is 6.58 Å². The largest absolute Gasteiger partial charge is 0.373 e. The Bertz CT molecular complexity index is 437. The molecule has 0 N–H and O–H groups in total. The lowest BCUT2D eigenvalue weighted by atomic mass is 10.2. The Hall–Kier alpha value is -1.39. The van der Waals surface area contributed by atoms with Gasteiger partial charge in [-0.25, -0.2) is 4.79 Å². The van der Waals surface area contributed by atoms with Crippen LogP contribution in [0.3, 0.4) is 0 Å². The standard InChI is InChI=1S/C15H22O3Si/c1-6-12(3)17-18-15(16)13-8-10-14(11-9-13)19(4,5)7-2/h7-12H,2,6H2,1,3-5H3. The SMILES string of the molecule is C=C[Si](C)(C)c1ccc(C(=O)OOC(C)CC)cc1. The van der Waals surface area contributed by atoms with Gasteiger partial charge in [0, 0.05) is 0 Å². The molecule has 0 radical (unpaired) electrons. The summed E-state index contributed by atoms with van der Waals surface area (Å²) in [7, 11) is -1.57. The Morgan fingerprint density at radius 1 is 1.37 bits per heavy atom. The van der Waals surface area contributed by atoms with E-state index in [0.29, 0.717) is 5.56 Å². The highest BCUT2D eigenvalue weighted by Crippen LogP contribution is 2.08. The van der Waals surface area contributed by atoms with Gasteiger partial charge >= 0.3 is 5.97 Å². The van der Waals surface area contributed by atoms with Gasteiger partial charge in [0.15, 0.2) is 0 Å². The lowest BCUT2D eigenvalue weighted by Crippen LogP contribution is -2.39. The summed E-state index contributed by atoms with van der Waals surface area (Å²) in [5, 5.41) is 1.24. The molecular formula is C15H22O3Si. The molecule has 0 aromatic heterocycles. The van der Waals surface area contributed by atoms with Crippen molar-refractivity contribution >= 4 is 19.2 Å². The summed E-state index contributed by atoms with van der Waals surface area (Å²) in [6.45, 7) is 12.1. The molecule has 3 nitrogen and oxygen atoms in total. The molecule has 0 fully saturated rings. The third kappa shape index (κ3) is 4.33. The van der Waals surface area contributed by atoms with Crippen molar-refractivity contribution < 1.29 is 14.6 Å². The van der Waals surface area contributed by atoms with Crippen molar-refractivity contribution in [2.24, 2.45) is 0 Å². The molecular weight excluding hydrogens is 256 g/mol. The molecule has 1 aromatic carbocycles. The zero-order chi connectivity index (χ0) is 14.5. The highest BCUT2D eigenvalue weighted by Gasteiger charge is 2.19. The molecule has 0 aliphatic rings. The van der Waals surface area contributed by atoms with Crippen molar-refractivity contribution in [3.63, 3.8) is 0 Å². The molecule has 0 spiro atoms. The molecule has 1 unspecified atom stereocenters. The van der Waals surface area contributed by atoms with Gasteiger partial charge in [-0.05, 0) is 25.5 Å². The second kappa shape index (κ2) is 6.68. The average Bonchev–Trinajstić information content (AvgIpc) is 2.44. The van der Waals surface area contributed by atoms with Gasteiger partial charge in [0.2, 0.25) is 0 Å². The maximum absolute atomic E-state index is 11.7. The molecule has 0 bridgehead atoms. The Balaban J connectivity index is 2.71. The minimum Gasteiger partial charge on any atom is -0.293 e. The minimum absolute atomic E-state index is 0.0877. The van der Waals surface area contributed by atoms with Crippen LogP contribution in [0.5, 0.6) is 0 Å². The Kier molecular flexibility index (Phi) is 5.51. The van der Waals surface area contributed by atoms with Gasteiger partial charge in [-0.2, -0.15) is 4.89 Å². The van der Waals surface area contributed by atoms with E-state index in [-0.39, 0.29) is 6.10 Å². The summed E-state index contributed by atoms with van der Waals surface area (Å²) in [4.78, 5) is 21.5. The zero-order valence-electron chi connectivity index (χ0n) is 12.1. The van der Waals surface area contributed by atoms with Gasteiger partial charge in [0.25, 0.3) is 0 Å². The monoisotopic (exact) mass is 278 g/mol. The second-order valence-corrected chi connectivity index (χ2v) is 9.62. The Morgan fingerprint density at radius 2 is 1.95 bits per heavy atom. The molecule has 0 aliphatic heterocycles. The van der Waals surface area contributed by atoms with Crippen LogP contribution in [0.2, 0.25) is 13.1 Å². The maximum Gasteiger partial charge on any atom is 0.373 e. The summed E-state index contributed by atoms with van der Waals surface area (Å²) >= 11 is 0. The summed E-state index contributed by atoms with van der Waals surface area (Å²) < 4.78 is 0. The highest BCUT2D eigenvalue weighted by atomic mass is 28.3. The van der Waals surface area contributed by atoms with E-state index >= 15 is 0 Å². The van der Waals surface area contributed by atoms with Crippen LogP contribution in [0, 0.1) is 0 Å². The van der Waals surface area contributed by atoms with Crippen molar-refractivity contribution in [2.45, 2.75) is 39.5 Å². The summed E-state index contributed by atoms with van der Waals surface area (Å²) in [6.07, 6.45) is 0.709. The Labute approximate surface area is 116 Å². The van der Waals surface area contributed by atoms with E-state index in [0.717, 1.165) is 6.42 Å². The number of carbonyl (C=O) groups excluding carboxylic acids is 1. The van der Waals surface area contributed by atoms with Gasteiger partial charge < -0.3 is 0 Å². The summed E-state index contributed by atoms with van der Waals surface area (Å²) in [6, 6.07) is 7.48. The van der Waals surface area contributed by atoms with E-state index in [1.165, 1.54) is 5.19 Å². The maximum atomic E-state index is 11.7. The molecule has 4 heteroatoms. The van der Waals surface area contributed by atoms with Gasteiger partial charge in [0.05, 0.1) is 5.56 Å². The van der Waals surface area contributed by atoms with Crippen molar-refractivity contribution in [2.75, 3.05) is 0 Å². The van der Waals surface area contributed by atoms with E-state index in [1.54, 1.807) is 12.1 Å². The molecule has 1 atom stereocenters. The molecule has 19 heavy (non-hydrogen) atoms. The van der Waals surface area contributed by atoms with E-state index in [1.807, 2.05) is 31.7 Å². The number of benzene rings is 1. The topological polar surface area (TPSA) is 35.5 Å². The number of hydrogen-bond donors (Lipinski definition) is 0. The molecule has 0 heterocycles. The first kappa shape index (κ1) is 15.7. The number of hydrogen-bond acceptors (Lipinski definition) is 3. The third-order valence-corrected chi connectivity index (χ3v) is 6.08. The summed E-state index contributed by atoms with van der Waals surface area (Å²) in [5.74, 6) is -0.454. The van der Waals surface area contributed by atoms with Crippen LogP contribution in [0.1, 0.15) is 30.6 Å². The normalized spacial score (nSPS) is 12.8. The molecule has 0 saturated heterocycles. The fourth-order valence-corrected chi connectivity index (χ4v) is 2.66. The van der Waals surface area contributed by atoms with Crippen LogP contribution in [0.15, 0.2) is 36.5 Å². The van der Waals surface area contributed by atoms with Crippen molar-refractivity contribution in [3.8, 4) is 0 Å². The van der Waals surface area contributed by atoms with E-state index in [4.69, 9.17) is 9.78 Å². The molecule has 1 rings (SSSR count). The van der Waals surface area contributed by atoms with Crippen LogP contribution in [0.25, 0.3) is 0 Å². The lowest BCUT2D eigenvalue weighted by Gasteiger charge is -2.17. The first-order chi connectivity index (χ1) is 8.90. The fourth-order valence-electron chi connectivity index (χ4n) is 1.40. The van der Waals surface area contributed by atoms with Gasteiger partial charge in [0.1, 0.15) is 14.2 Å². The first-order valence-corrected chi connectivity index (χ1v) is 9.60. The van der Waals surface area contributed by atoms with E-state index in [2.05, 4.69) is 19.7 Å². The van der Waals surface area contributed by atoms with Crippen molar-refractivity contribution in [1.29, 1.82) is 0 Å². The smallest absolute Gasteiger partial charge is 0.293 e. The van der Waals surface area contributed by atoms with Gasteiger partial charge in [-0.1, -0.05) is 43.0 Å². The Morgan fingerprint density at radius 3 is 2.42 bits per heavy atom. The number of carbonyl (C=O) groups is 1. The van der Waals surface area contributed by atoms with Crippen LogP contribution < -0.4 is 5.19 Å². The first-order valence-electron chi connectivity index (χ1n) is 6.52. The van der Waals surface area contributed by atoms with Crippen molar-refractivity contribution in [1.82, 2.24) is 0 Å². The molecule has 0 aliphatic carbocycles. The average molecular weight is 278 g/mol. The minimum atomic E-state index is -1.57. The third-order valence-electron chi connectivity index (χ3n) is 3.24. The zero-order valence-corrected chi connectivity index (χ0v) is 13.1. The van der Waals surface area contributed by atoms with E-state index in [9.17, 15) is 4.79 Å². The van der Waals surface area contributed by atoms with E-state index < -0.39 is 14.0 Å². The molecule has 0 amide bonds. The summed E-state index contributed by atoms with van der Waals surface area (Å²) in [5.41, 5.74) is 2.52. The van der Waals surface area contributed by atoms with Gasteiger partial charge in [-0.3, -0.25) is 4.89 Å². The van der Waals surface area contributed by atoms with Crippen LogP contribution in [-0.2, 0) is 9.78 Å². The van der Waals surface area contributed by atoms with Crippen molar-refractivity contribution in [3.05, 3.63) is 42.1 Å². The predicted octanol–water partition coefficient (Wildman–Crippen LogP) is 3.21. The van der Waals surface area contributed by atoms with Crippen LogP contribution in [-0.4, -0.2) is 20.1 Å². The van der Waals surface area contributed by atoms with Crippen LogP contribution in [0.4, 0.5) is 0 Å². The molecule has 1 aromatic rings. The molecule has 104 valence electrons. The second-order valence-electron chi connectivity index (χ2n) is 5.19. The van der Waals surface area contributed by atoms with Crippen LogP contribution >= 0.6 is 0 Å². The predicted molar refractivity (Wildman–Crippen MR) is 80.0 cm³/mol. The lowest BCUT2D eigenvalue weighted by molar-refractivity contribution is -0.270. The number of rotatable bonds is 6. The highest BCUT2D eigenvalue weighted by molar-refractivity contribution is 6.93. The quantitative estimate of drug-likeness (QED) is 0.455.